The van der Waals surface area contributed by atoms with E-state index in [0.717, 1.165) is 56.0 Å². The molecule has 182 valence electrons. The highest BCUT2D eigenvalue weighted by Crippen LogP contribution is 2.29. The van der Waals surface area contributed by atoms with E-state index in [9.17, 15) is 4.79 Å². The second-order valence-electron chi connectivity index (χ2n) is 9.20. The van der Waals surface area contributed by atoms with Gasteiger partial charge in [-0.1, -0.05) is 0 Å². The summed E-state index contributed by atoms with van der Waals surface area (Å²) >= 11 is 5.48. The molecule has 0 saturated heterocycles. The molecule has 1 saturated carbocycles. The number of nitrogens with one attached hydrogen (secondary N) is 4. The van der Waals surface area contributed by atoms with E-state index in [4.69, 9.17) is 27.3 Å². The van der Waals surface area contributed by atoms with Crippen LogP contribution in [0.25, 0.3) is 0 Å². The summed E-state index contributed by atoms with van der Waals surface area (Å²) in [6, 6.07) is 7.64. The van der Waals surface area contributed by atoms with Crippen molar-refractivity contribution in [2.45, 2.75) is 63.5 Å². The van der Waals surface area contributed by atoms with Gasteiger partial charge in [0.25, 0.3) is 0 Å². The first-order valence-corrected chi connectivity index (χ1v) is 12.3. The lowest BCUT2D eigenvalue weighted by molar-refractivity contribution is 0.209. The van der Waals surface area contributed by atoms with Crippen LogP contribution in [0.5, 0.6) is 0 Å². The standard InChI is InChI=1S/C24H33N7O2S/c1-31(2)21-19-5-3-4-6-20(19)29-22(30-21)25-15-7-9-16(10-8-15)26-23(34)27-17-11-13-18(14-12-17)28-24(32)33/h11-16,28H,3-10H2,1-2H3,(H,32,33)(H,25,29,30)(H2,26,27,34)/t15-,16+. The zero-order chi connectivity index (χ0) is 24.1. The fourth-order valence-corrected chi connectivity index (χ4v) is 4.97. The van der Waals surface area contributed by atoms with E-state index in [1.807, 2.05) is 0 Å². The van der Waals surface area contributed by atoms with Crippen molar-refractivity contribution in [3.05, 3.63) is 35.5 Å². The summed E-state index contributed by atoms with van der Waals surface area (Å²) in [6.45, 7) is 0. The average Bonchev–Trinajstić information content (AvgIpc) is 2.80. The van der Waals surface area contributed by atoms with Crippen LogP contribution in [-0.2, 0) is 12.8 Å². The Morgan fingerprint density at radius 1 is 0.971 bits per heavy atom. The van der Waals surface area contributed by atoms with Crippen LogP contribution < -0.4 is 26.2 Å². The van der Waals surface area contributed by atoms with Crippen LogP contribution in [0.15, 0.2) is 24.3 Å². The fraction of sp³-hybridized carbons (Fsp3) is 0.500. The van der Waals surface area contributed by atoms with E-state index in [1.165, 1.54) is 24.1 Å². The van der Waals surface area contributed by atoms with Crippen LogP contribution in [0, 0.1) is 0 Å². The molecule has 1 fully saturated rings. The van der Waals surface area contributed by atoms with Crippen LogP contribution in [-0.4, -0.2) is 52.5 Å². The van der Waals surface area contributed by atoms with Crippen LogP contribution in [0.1, 0.15) is 49.8 Å². The zero-order valence-electron chi connectivity index (χ0n) is 19.7. The molecule has 2 aromatic rings. The number of thiocarbonyl (C=S) groups is 1. The third kappa shape index (κ3) is 6.25. The van der Waals surface area contributed by atoms with Gasteiger partial charge in [-0.2, -0.15) is 4.98 Å². The second kappa shape index (κ2) is 10.9. The molecule has 0 bridgehead atoms. The number of nitrogens with zero attached hydrogens (tertiary/aromatic N) is 3. The maximum Gasteiger partial charge on any atom is 0.409 e. The Hall–Kier alpha value is -3.14. The van der Waals surface area contributed by atoms with Gasteiger partial charge < -0.3 is 26.0 Å². The average molecular weight is 484 g/mol. The molecule has 0 aliphatic heterocycles. The van der Waals surface area contributed by atoms with Crippen molar-refractivity contribution >= 4 is 46.6 Å². The Bertz CT molecular complexity index is 1020. The second-order valence-corrected chi connectivity index (χ2v) is 9.60. The molecule has 1 heterocycles. The highest BCUT2D eigenvalue weighted by Gasteiger charge is 2.24. The summed E-state index contributed by atoms with van der Waals surface area (Å²) in [5.74, 6) is 1.80. The number of carbonyl (C=O) groups is 1. The molecular formula is C24H33N7O2S. The van der Waals surface area contributed by atoms with Gasteiger partial charge >= 0.3 is 6.09 Å². The summed E-state index contributed by atoms with van der Waals surface area (Å²) in [7, 11) is 4.10. The number of hydrogen-bond donors (Lipinski definition) is 5. The summed E-state index contributed by atoms with van der Waals surface area (Å²) in [6.07, 6.45) is 7.49. The van der Waals surface area contributed by atoms with Crippen molar-refractivity contribution < 1.29 is 9.90 Å². The predicted molar refractivity (Wildman–Crippen MR) is 140 cm³/mol. The van der Waals surface area contributed by atoms with Crippen molar-refractivity contribution in [1.82, 2.24) is 15.3 Å². The molecule has 1 aromatic heterocycles. The summed E-state index contributed by atoms with van der Waals surface area (Å²) < 4.78 is 0. The SMILES string of the molecule is CN(C)c1nc(N[C@H]2CC[C@@H](NC(=S)Nc3ccc(NC(=O)O)cc3)CC2)nc2c1CCCC2. The molecule has 4 rings (SSSR count). The highest BCUT2D eigenvalue weighted by molar-refractivity contribution is 7.80. The molecule has 10 heteroatoms. The number of aromatic nitrogens is 2. The minimum atomic E-state index is -1.08. The minimum Gasteiger partial charge on any atom is -0.465 e. The Kier molecular flexibility index (Phi) is 7.66. The number of hydrogen-bond acceptors (Lipinski definition) is 6. The lowest BCUT2D eigenvalue weighted by Gasteiger charge is -2.31. The smallest absolute Gasteiger partial charge is 0.409 e. The number of fused-ring (bicyclic) bond motifs is 1. The normalized spacial score (nSPS) is 19.5. The van der Waals surface area contributed by atoms with E-state index >= 15 is 0 Å². The van der Waals surface area contributed by atoms with Gasteiger partial charge in [0.15, 0.2) is 5.11 Å². The quantitative estimate of drug-likeness (QED) is 0.385. The van der Waals surface area contributed by atoms with Crippen LogP contribution >= 0.6 is 12.2 Å². The number of carboxylic acid groups (broad SMARTS) is 1. The first-order chi connectivity index (χ1) is 16.4. The van der Waals surface area contributed by atoms with Crippen molar-refractivity contribution in [3.8, 4) is 0 Å². The Balaban J connectivity index is 1.26. The predicted octanol–water partition coefficient (Wildman–Crippen LogP) is 4.22. The van der Waals surface area contributed by atoms with E-state index in [-0.39, 0.29) is 0 Å². The maximum absolute atomic E-state index is 10.7. The Morgan fingerprint density at radius 3 is 2.24 bits per heavy atom. The van der Waals surface area contributed by atoms with Gasteiger partial charge in [0.1, 0.15) is 5.82 Å². The summed E-state index contributed by atoms with van der Waals surface area (Å²) in [5, 5.41) is 21.8. The number of rotatable bonds is 6. The van der Waals surface area contributed by atoms with Crippen molar-refractivity contribution in [2.24, 2.45) is 0 Å². The molecule has 1 aromatic carbocycles. The highest BCUT2D eigenvalue weighted by atomic mass is 32.1. The van der Waals surface area contributed by atoms with Gasteiger partial charge in [-0.05, 0) is 87.8 Å². The molecule has 2 aliphatic rings. The molecular weight excluding hydrogens is 450 g/mol. The lowest BCUT2D eigenvalue weighted by atomic mass is 9.91. The topological polar surface area (TPSA) is 114 Å². The molecule has 0 spiro atoms. The first kappa shape index (κ1) is 24.0. The van der Waals surface area contributed by atoms with E-state index in [1.54, 1.807) is 24.3 Å². The van der Waals surface area contributed by atoms with Gasteiger partial charge in [-0.15, -0.1) is 0 Å². The summed E-state index contributed by atoms with van der Waals surface area (Å²) in [4.78, 5) is 22.5. The van der Waals surface area contributed by atoms with E-state index in [2.05, 4.69) is 40.3 Å². The molecule has 1 amide bonds. The summed E-state index contributed by atoms with van der Waals surface area (Å²) in [5.41, 5.74) is 3.84. The number of anilines is 4. The number of amides is 1. The zero-order valence-corrected chi connectivity index (χ0v) is 20.5. The van der Waals surface area contributed by atoms with Gasteiger partial charge in [0.2, 0.25) is 5.95 Å². The molecule has 0 unspecified atom stereocenters. The maximum atomic E-state index is 10.7. The third-order valence-electron chi connectivity index (χ3n) is 6.37. The number of benzene rings is 1. The Labute approximate surface area is 205 Å². The van der Waals surface area contributed by atoms with Gasteiger partial charge in [-0.25, -0.2) is 9.78 Å². The molecule has 9 nitrogen and oxygen atoms in total. The fourth-order valence-electron chi connectivity index (χ4n) is 4.69. The molecule has 0 atom stereocenters. The lowest BCUT2D eigenvalue weighted by Crippen LogP contribution is -2.42. The van der Waals surface area contributed by atoms with Crippen LogP contribution in [0.4, 0.5) is 27.9 Å². The van der Waals surface area contributed by atoms with Gasteiger partial charge in [0.05, 0.1) is 5.69 Å². The molecule has 34 heavy (non-hydrogen) atoms. The third-order valence-corrected chi connectivity index (χ3v) is 6.59. The molecule has 5 N–H and O–H groups in total. The Morgan fingerprint density at radius 2 is 1.59 bits per heavy atom. The number of aryl methyl sites for hydroxylation is 1. The van der Waals surface area contributed by atoms with Gasteiger partial charge in [-0.3, -0.25) is 5.32 Å². The van der Waals surface area contributed by atoms with E-state index in [0.29, 0.717) is 22.9 Å². The minimum absolute atomic E-state index is 0.313. The van der Waals surface area contributed by atoms with E-state index < -0.39 is 6.09 Å². The van der Waals surface area contributed by atoms with Crippen LogP contribution in [0.2, 0.25) is 0 Å². The van der Waals surface area contributed by atoms with Crippen molar-refractivity contribution in [1.29, 1.82) is 0 Å². The molecule has 0 radical (unpaired) electrons. The first-order valence-electron chi connectivity index (χ1n) is 11.9. The molecule has 2 aliphatic carbocycles. The largest absolute Gasteiger partial charge is 0.465 e. The van der Waals surface area contributed by atoms with Crippen molar-refractivity contribution in [3.63, 3.8) is 0 Å². The van der Waals surface area contributed by atoms with Crippen molar-refractivity contribution in [2.75, 3.05) is 34.9 Å². The van der Waals surface area contributed by atoms with Crippen LogP contribution in [0.3, 0.4) is 0 Å². The monoisotopic (exact) mass is 483 g/mol. The van der Waals surface area contributed by atoms with Gasteiger partial charge in [0, 0.05) is 43.1 Å².